The van der Waals surface area contributed by atoms with Crippen molar-refractivity contribution in [2.24, 2.45) is 0 Å². The number of anilines is 1. The molecule has 7 heteroatoms. The summed E-state index contributed by atoms with van der Waals surface area (Å²) in [5.41, 5.74) is 4.11. The van der Waals surface area contributed by atoms with Crippen LogP contribution in [0.2, 0.25) is 0 Å². The summed E-state index contributed by atoms with van der Waals surface area (Å²) in [4.78, 5) is 20.3. The number of carbonyl (C=O) groups is 1. The molecule has 0 spiro atoms. The Hall–Kier alpha value is -3.48. The molecule has 0 radical (unpaired) electrons. The summed E-state index contributed by atoms with van der Waals surface area (Å²) in [5.74, 6) is 2.08. The van der Waals surface area contributed by atoms with Crippen molar-refractivity contribution in [2.45, 2.75) is 26.8 Å². The number of methoxy groups -OCH3 is 2. The number of fused-ring (bicyclic) bond motifs is 3. The van der Waals surface area contributed by atoms with Crippen molar-refractivity contribution in [3.63, 3.8) is 0 Å². The Morgan fingerprint density at radius 1 is 1.13 bits per heavy atom. The minimum absolute atomic E-state index is 0.00620. The monoisotopic (exact) mass is 420 g/mol. The van der Waals surface area contributed by atoms with Gasteiger partial charge in [-0.3, -0.25) is 9.36 Å². The lowest BCUT2D eigenvalue weighted by Gasteiger charge is -2.33. The summed E-state index contributed by atoms with van der Waals surface area (Å²) >= 11 is 0. The van der Waals surface area contributed by atoms with Crippen LogP contribution in [0, 0.1) is 0 Å². The molecular formula is C24H28N4O3. The molecule has 2 aromatic carbocycles. The fraction of sp³-hybridized carbons (Fsp3) is 0.333. The van der Waals surface area contributed by atoms with Crippen molar-refractivity contribution in [3.8, 4) is 11.5 Å². The van der Waals surface area contributed by atoms with E-state index in [1.165, 1.54) is 0 Å². The fourth-order valence-corrected chi connectivity index (χ4v) is 4.27. The first-order valence-electron chi connectivity index (χ1n) is 10.5. The van der Waals surface area contributed by atoms with Crippen molar-refractivity contribution in [1.82, 2.24) is 14.5 Å². The lowest BCUT2D eigenvalue weighted by molar-refractivity contribution is -0.127. The average molecular weight is 421 g/mol. The molecule has 1 N–H and O–H groups in total. The van der Waals surface area contributed by atoms with Crippen molar-refractivity contribution in [3.05, 3.63) is 59.3 Å². The van der Waals surface area contributed by atoms with Gasteiger partial charge in [0.1, 0.15) is 11.5 Å². The van der Waals surface area contributed by atoms with E-state index in [1.807, 2.05) is 68.1 Å². The van der Waals surface area contributed by atoms with Crippen molar-refractivity contribution in [1.29, 1.82) is 0 Å². The van der Waals surface area contributed by atoms with Crippen molar-refractivity contribution >= 4 is 22.9 Å². The van der Waals surface area contributed by atoms with E-state index in [1.54, 1.807) is 14.2 Å². The van der Waals surface area contributed by atoms with Gasteiger partial charge in [0.05, 0.1) is 36.9 Å². The third-order valence-corrected chi connectivity index (χ3v) is 5.84. The summed E-state index contributed by atoms with van der Waals surface area (Å²) in [7, 11) is 3.27. The molecule has 1 unspecified atom stereocenters. The number of imidazole rings is 1. The highest BCUT2D eigenvalue weighted by atomic mass is 16.5. The van der Waals surface area contributed by atoms with Gasteiger partial charge in [-0.05, 0) is 51.1 Å². The number of rotatable bonds is 6. The van der Waals surface area contributed by atoms with Gasteiger partial charge >= 0.3 is 0 Å². The molecule has 4 rings (SSSR count). The zero-order valence-corrected chi connectivity index (χ0v) is 18.6. The van der Waals surface area contributed by atoms with Gasteiger partial charge in [0.25, 0.3) is 5.91 Å². The van der Waals surface area contributed by atoms with Crippen LogP contribution >= 0.6 is 0 Å². The second kappa shape index (κ2) is 8.34. The normalized spacial score (nSPS) is 15.5. The number of nitrogens with zero attached hydrogens (tertiary/aromatic N) is 3. The molecule has 2 heterocycles. The Bertz CT molecular complexity index is 1160. The van der Waals surface area contributed by atoms with Crippen LogP contribution in [-0.2, 0) is 4.79 Å². The van der Waals surface area contributed by atoms with E-state index < -0.39 is 6.04 Å². The minimum Gasteiger partial charge on any atom is -0.497 e. The number of carbonyl (C=O) groups excluding carboxylic acids is 1. The molecule has 1 atom stereocenters. The number of ether oxygens (including phenoxy) is 2. The number of likely N-dealkylation sites (N-methyl/N-ethyl adjacent to an activating group) is 1. The van der Waals surface area contributed by atoms with Crippen LogP contribution in [0.5, 0.6) is 11.5 Å². The minimum atomic E-state index is -0.415. The maximum Gasteiger partial charge on any atom is 0.253 e. The van der Waals surface area contributed by atoms with Crippen molar-refractivity contribution < 1.29 is 14.3 Å². The zero-order valence-electron chi connectivity index (χ0n) is 18.6. The van der Waals surface area contributed by atoms with Gasteiger partial charge in [-0.15, -0.1) is 0 Å². The smallest absolute Gasteiger partial charge is 0.253 e. The summed E-state index contributed by atoms with van der Waals surface area (Å²) in [6.45, 7) is 7.18. The highest BCUT2D eigenvalue weighted by molar-refractivity contribution is 5.98. The first-order chi connectivity index (χ1) is 15.0. The third-order valence-electron chi connectivity index (χ3n) is 5.84. The fourth-order valence-electron chi connectivity index (χ4n) is 4.27. The largest absolute Gasteiger partial charge is 0.497 e. The quantitative estimate of drug-likeness (QED) is 0.647. The SMILES string of the molecule is CCN(CC)C(=O)C1=C(C)Nc2nc3ccccc3n2C1c1cc(OC)ccc1OC. The standard InChI is InChI=1S/C24H28N4O3/c1-6-27(7-2)23(29)21-15(3)25-24-26-18-10-8-9-11-19(18)28(24)22(21)17-14-16(30-4)12-13-20(17)31-5/h8-14,22H,6-7H2,1-5H3,(H,25,26). The Labute approximate surface area is 182 Å². The Morgan fingerprint density at radius 2 is 1.87 bits per heavy atom. The molecule has 1 aliphatic rings. The third kappa shape index (κ3) is 3.40. The molecule has 0 saturated carbocycles. The Balaban J connectivity index is 2.03. The lowest BCUT2D eigenvalue weighted by atomic mass is 9.93. The molecular weight excluding hydrogens is 392 g/mol. The maximum atomic E-state index is 13.7. The number of aromatic nitrogens is 2. The van der Waals surface area contributed by atoms with Gasteiger partial charge in [0.15, 0.2) is 0 Å². The molecule has 3 aromatic rings. The van der Waals surface area contributed by atoms with Crippen LogP contribution in [0.25, 0.3) is 11.0 Å². The molecule has 31 heavy (non-hydrogen) atoms. The number of hydrogen-bond acceptors (Lipinski definition) is 5. The summed E-state index contributed by atoms with van der Waals surface area (Å²) in [6, 6.07) is 13.2. The van der Waals surface area contributed by atoms with E-state index >= 15 is 0 Å². The van der Waals surface area contributed by atoms with Crippen LogP contribution < -0.4 is 14.8 Å². The van der Waals surface area contributed by atoms with E-state index in [0.717, 1.165) is 22.3 Å². The number of benzene rings is 2. The Kier molecular flexibility index (Phi) is 5.59. The summed E-state index contributed by atoms with van der Waals surface area (Å²) in [5, 5.41) is 3.36. The predicted molar refractivity (Wildman–Crippen MR) is 122 cm³/mol. The van der Waals surface area contributed by atoms with E-state index in [4.69, 9.17) is 14.5 Å². The van der Waals surface area contributed by atoms with Crippen molar-refractivity contribution in [2.75, 3.05) is 32.6 Å². The first kappa shape index (κ1) is 20.8. The molecule has 7 nitrogen and oxygen atoms in total. The molecule has 1 amide bonds. The molecule has 162 valence electrons. The topological polar surface area (TPSA) is 68.6 Å². The lowest BCUT2D eigenvalue weighted by Crippen LogP contribution is -2.38. The van der Waals surface area contributed by atoms with Crippen LogP contribution in [0.15, 0.2) is 53.7 Å². The molecule has 1 aromatic heterocycles. The van der Waals surface area contributed by atoms with Gasteiger partial charge in [-0.2, -0.15) is 0 Å². The van der Waals surface area contributed by atoms with Gasteiger partial charge in [-0.25, -0.2) is 4.98 Å². The average Bonchev–Trinajstić information content (AvgIpc) is 3.16. The molecule has 0 bridgehead atoms. The second-order valence-corrected chi connectivity index (χ2v) is 7.45. The molecule has 0 saturated heterocycles. The number of allylic oxidation sites excluding steroid dienone is 1. The molecule has 1 aliphatic heterocycles. The van der Waals surface area contributed by atoms with Gasteiger partial charge in [0.2, 0.25) is 5.95 Å². The van der Waals surface area contributed by atoms with Gasteiger partial charge < -0.3 is 19.7 Å². The van der Waals surface area contributed by atoms with E-state index in [2.05, 4.69) is 9.88 Å². The number of nitrogens with one attached hydrogen (secondary N) is 1. The zero-order chi connectivity index (χ0) is 22.1. The van der Waals surface area contributed by atoms with E-state index in [9.17, 15) is 4.79 Å². The van der Waals surface area contributed by atoms with E-state index in [-0.39, 0.29) is 5.91 Å². The van der Waals surface area contributed by atoms with Gasteiger partial charge in [0, 0.05) is 24.4 Å². The van der Waals surface area contributed by atoms with Crippen LogP contribution in [0.3, 0.4) is 0 Å². The number of amides is 1. The van der Waals surface area contributed by atoms with Crippen LogP contribution in [0.1, 0.15) is 32.4 Å². The predicted octanol–water partition coefficient (Wildman–Crippen LogP) is 4.21. The van der Waals surface area contributed by atoms with Gasteiger partial charge in [-0.1, -0.05) is 12.1 Å². The number of para-hydroxylation sites is 2. The first-order valence-corrected chi connectivity index (χ1v) is 10.5. The molecule has 0 aliphatic carbocycles. The highest BCUT2D eigenvalue weighted by Gasteiger charge is 2.37. The Morgan fingerprint density at radius 3 is 2.55 bits per heavy atom. The number of hydrogen-bond donors (Lipinski definition) is 1. The second-order valence-electron chi connectivity index (χ2n) is 7.45. The molecule has 0 fully saturated rings. The maximum absolute atomic E-state index is 13.7. The summed E-state index contributed by atoms with van der Waals surface area (Å²) in [6.07, 6.45) is 0. The highest BCUT2D eigenvalue weighted by Crippen LogP contribution is 2.43. The summed E-state index contributed by atoms with van der Waals surface area (Å²) < 4.78 is 13.3. The van der Waals surface area contributed by atoms with Crippen LogP contribution in [0.4, 0.5) is 5.95 Å². The van der Waals surface area contributed by atoms with E-state index in [0.29, 0.717) is 36.1 Å². The van der Waals surface area contributed by atoms with Crippen LogP contribution in [-0.4, -0.2) is 47.7 Å².